The minimum Gasteiger partial charge on any atom is -0.393 e. The van der Waals surface area contributed by atoms with Crippen LogP contribution in [0.5, 0.6) is 0 Å². The van der Waals surface area contributed by atoms with Crippen molar-refractivity contribution in [1.82, 2.24) is 0 Å². The highest BCUT2D eigenvalue weighted by molar-refractivity contribution is 6.01. The summed E-state index contributed by atoms with van der Waals surface area (Å²) in [4.78, 5) is 24.4. The number of alkyl halides is 1. The van der Waals surface area contributed by atoms with Crippen molar-refractivity contribution >= 4 is 11.6 Å². The molecule has 4 rings (SSSR count). The molecule has 3 saturated carbocycles. The van der Waals surface area contributed by atoms with Crippen LogP contribution in [-0.2, 0) is 9.59 Å². The van der Waals surface area contributed by atoms with Crippen LogP contribution in [0.25, 0.3) is 0 Å². The lowest BCUT2D eigenvalue weighted by Crippen LogP contribution is -2.63. The number of aliphatic hydroxyl groups excluding tert-OH is 2. The first-order valence-electron chi connectivity index (χ1n) is 10.1. The van der Waals surface area contributed by atoms with Gasteiger partial charge in [0, 0.05) is 16.7 Å². The molecule has 0 spiro atoms. The Labute approximate surface area is 164 Å². The molecule has 5 nitrogen and oxygen atoms in total. The van der Waals surface area contributed by atoms with Gasteiger partial charge in [0.15, 0.2) is 11.6 Å². The maximum Gasteiger partial charge on any atom is 0.190 e. The zero-order chi connectivity index (χ0) is 20.6. The molecule has 0 unspecified atom stereocenters. The van der Waals surface area contributed by atoms with Gasteiger partial charge < -0.3 is 15.3 Å². The van der Waals surface area contributed by atoms with Crippen LogP contribution in [0.1, 0.15) is 40.0 Å². The van der Waals surface area contributed by atoms with Crippen LogP contribution in [0, 0.1) is 34.5 Å². The molecule has 6 heteroatoms. The summed E-state index contributed by atoms with van der Waals surface area (Å²) in [5.41, 5.74) is -3.00. The Morgan fingerprint density at radius 2 is 2.00 bits per heavy atom. The molecule has 3 fully saturated rings. The highest BCUT2D eigenvalue weighted by Crippen LogP contribution is 2.68. The normalized spacial score (nSPS) is 52.5. The van der Waals surface area contributed by atoms with Crippen molar-refractivity contribution in [1.29, 1.82) is 0 Å². The molecule has 154 valence electrons. The van der Waals surface area contributed by atoms with Gasteiger partial charge in [-0.25, -0.2) is 4.39 Å². The van der Waals surface area contributed by atoms with E-state index in [1.807, 2.05) is 6.92 Å². The van der Waals surface area contributed by atoms with Crippen molar-refractivity contribution in [2.45, 2.75) is 57.9 Å². The lowest BCUT2D eigenvalue weighted by Gasteiger charge is -2.60. The molecule has 28 heavy (non-hydrogen) atoms. The standard InChI is InChI=1S/C22H29FO5/c1-11-6-14-13-8-16(23)15-7-12(25)4-5-20(15,2)19(13)17(26)9-21(14,3)22(11,28)18(27)10-24/h4-5,7,11,13-14,16-17,19,24,26,28H,6,8-10H2,1-3H3/t11-,13-,14+,16-,17+,19+,20+,21-,22+/m1/s1. The summed E-state index contributed by atoms with van der Waals surface area (Å²) in [5.74, 6) is -1.92. The number of Topliss-reactive ketones (excluding diaryl/α,β-unsaturated/α-hetero) is 1. The predicted molar refractivity (Wildman–Crippen MR) is 99.9 cm³/mol. The first kappa shape index (κ1) is 19.9. The van der Waals surface area contributed by atoms with Gasteiger partial charge in [0.1, 0.15) is 18.4 Å². The van der Waals surface area contributed by atoms with Gasteiger partial charge in [-0.05, 0) is 54.7 Å². The smallest absolute Gasteiger partial charge is 0.190 e. The molecule has 0 aromatic carbocycles. The number of hydrogen-bond donors (Lipinski definition) is 3. The Kier molecular flexibility index (Phi) is 4.32. The zero-order valence-electron chi connectivity index (χ0n) is 16.6. The summed E-state index contributed by atoms with van der Waals surface area (Å²) in [6.07, 6.45) is 3.29. The van der Waals surface area contributed by atoms with E-state index in [9.17, 15) is 24.9 Å². The minimum absolute atomic E-state index is 0.154. The van der Waals surface area contributed by atoms with E-state index in [2.05, 4.69) is 0 Å². The van der Waals surface area contributed by atoms with Crippen LogP contribution in [-0.4, -0.2) is 51.4 Å². The highest BCUT2D eigenvalue weighted by atomic mass is 19.1. The van der Waals surface area contributed by atoms with Gasteiger partial charge >= 0.3 is 0 Å². The van der Waals surface area contributed by atoms with Crippen LogP contribution in [0.3, 0.4) is 0 Å². The van der Waals surface area contributed by atoms with E-state index < -0.39 is 41.1 Å². The predicted octanol–water partition coefficient (Wildman–Crippen LogP) is 1.75. The molecule has 4 aliphatic carbocycles. The van der Waals surface area contributed by atoms with Gasteiger partial charge in [-0.15, -0.1) is 0 Å². The minimum atomic E-state index is -1.74. The Balaban J connectivity index is 1.81. The second kappa shape index (κ2) is 6.07. The molecule has 9 atom stereocenters. The van der Waals surface area contributed by atoms with E-state index in [0.717, 1.165) is 0 Å². The fourth-order valence-corrected chi connectivity index (χ4v) is 7.38. The Hall–Kier alpha value is -1.37. The zero-order valence-corrected chi connectivity index (χ0v) is 16.6. The average Bonchev–Trinajstić information content (AvgIpc) is 2.83. The number of halogens is 1. The van der Waals surface area contributed by atoms with Crippen molar-refractivity contribution < 1.29 is 29.3 Å². The van der Waals surface area contributed by atoms with Crippen LogP contribution in [0.2, 0.25) is 0 Å². The fourth-order valence-electron chi connectivity index (χ4n) is 7.38. The number of rotatable bonds is 2. The van der Waals surface area contributed by atoms with Gasteiger partial charge in [0.05, 0.1) is 6.10 Å². The van der Waals surface area contributed by atoms with E-state index in [0.29, 0.717) is 12.0 Å². The quantitative estimate of drug-likeness (QED) is 0.666. The molecular weight excluding hydrogens is 363 g/mol. The molecule has 0 aromatic rings. The summed E-state index contributed by atoms with van der Waals surface area (Å²) >= 11 is 0. The molecule has 4 aliphatic rings. The molecule has 0 saturated heterocycles. The number of aliphatic hydroxyl groups is 3. The molecule has 0 aromatic heterocycles. The van der Waals surface area contributed by atoms with Crippen molar-refractivity contribution in [3.63, 3.8) is 0 Å². The van der Waals surface area contributed by atoms with E-state index in [1.165, 1.54) is 12.2 Å². The van der Waals surface area contributed by atoms with E-state index in [1.54, 1.807) is 19.9 Å². The van der Waals surface area contributed by atoms with E-state index in [4.69, 9.17) is 0 Å². The third-order valence-corrected chi connectivity index (χ3v) is 8.63. The maximum absolute atomic E-state index is 15.2. The monoisotopic (exact) mass is 392 g/mol. The SMILES string of the molecule is C[C@@H]1C[C@H]2[C@H]3C[C@@H](F)C4=CC(=O)C=C[C@]4(C)[C@@H]3[C@@H](O)C[C@@]2(C)[C@@]1(O)C(=O)CO. The molecule has 0 heterocycles. The topological polar surface area (TPSA) is 94.8 Å². The molecule has 0 bridgehead atoms. The number of allylic oxidation sites excluding steroid dienone is 4. The Morgan fingerprint density at radius 1 is 1.32 bits per heavy atom. The molecule has 3 N–H and O–H groups in total. The number of fused-ring (bicyclic) bond motifs is 5. The molecule has 0 radical (unpaired) electrons. The number of carbonyl (C=O) groups is 2. The van der Waals surface area contributed by atoms with Crippen LogP contribution in [0.15, 0.2) is 23.8 Å². The van der Waals surface area contributed by atoms with Crippen molar-refractivity contribution in [3.05, 3.63) is 23.8 Å². The Morgan fingerprint density at radius 3 is 2.64 bits per heavy atom. The Bertz CT molecular complexity index is 790. The number of hydrogen-bond acceptors (Lipinski definition) is 5. The van der Waals surface area contributed by atoms with Crippen molar-refractivity contribution in [2.24, 2.45) is 34.5 Å². The van der Waals surface area contributed by atoms with Gasteiger partial charge in [-0.2, -0.15) is 0 Å². The third kappa shape index (κ3) is 2.22. The van der Waals surface area contributed by atoms with Crippen molar-refractivity contribution in [2.75, 3.05) is 6.61 Å². The van der Waals surface area contributed by atoms with Gasteiger partial charge in [-0.1, -0.05) is 26.8 Å². The van der Waals surface area contributed by atoms with Gasteiger partial charge in [-0.3, -0.25) is 9.59 Å². The lowest BCUT2D eigenvalue weighted by molar-refractivity contribution is -0.185. The molecular formula is C22H29FO5. The highest BCUT2D eigenvalue weighted by Gasteiger charge is 2.71. The summed E-state index contributed by atoms with van der Waals surface area (Å²) in [6, 6.07) is 0. The van der Waals surface area contributed by atoms with Crippen LogP contribution < -0.4 is 0 Å². The van der Waals surface area contributed by atoms with Crippen LogP contribution >= 0.6 is 0 Å². The van der Waals surface area contributed by atoms with Gasteiger partial charge in [0.25, 0.3) is 0 Å². The van der Waals surface area contributed by atoms with Gasteiger partial charge in [0.2, 0.25) is 0 Å². The first-order valence-corrected chi connectivity index (χ1v) is 10.1. The largest absolute Gasteiger partial charge is 0.393 e. The van der Waals surface area contributed by atoms with Crippen molar-refractivity contribution in [3.8, 4) is 0 Å². The summed E-state index contributed by atoms with van der Waals surface area (Å²) in [5, 5.41) is 32.1. The van der Waals surface area contributed by atoms with E-state index in [-0.39, 0.29) is 42.3 Å². The summed E-state index contributed by atoms with van der Waals surface area (Å²) in [7, 11) is 0. The van der Waals surface area contributed by atoms with Crippen LogP contribution in [0.4, 0.5) is 4.39 Å². The lowest BCUT2D eigenvalue weighted by atomic mass is 9.46. The van der Waals surface area contributed by atoms with E-state index >= 15 is 4.39 Å². The average molecular weight is 392 g/mol. The summed E-state index contributed by atoms with van der Waals surface area (Å²) < 4.78 is 15.2. The second-order valence-electron chi connectivity index (χ2n) is 9.79. The molecule has 0 aliphatic heterocycles. The number of ketones is 2. The third-order valence-electron chi connectivity index (χ3n) is 8.63. The maximum atomic E-state index is 15.2. The second-order valence-corrected chi connectivity index (χ2v) is 9.79. The fraction of sp³-hybridized carbons (Fsp3) is 0.727. The summed E-state index contributed by atoms with van der Waals surface area (Å²) in [6.45, 7) is 4.71. The number of carbonyl (C=O) groups excluding carboxylic acids is 2. The molecule has 0 amide bonds. The first-order chi connectivity index (χ1) is 13.0.